The zero-order valence-electron chi connectivity index (χ0n) is 5.46. The van der Waals surface area contributed by atoms with Crippen LogP contribution in [-0.2, 0) is 0 Å². The number of rotatable bonds is 1. The normalized spacial score (nSPS) is 10.7. The van der Waals surface area contributed by atoms with Crippen LogP contribution in [0.1, 0.15) is 25.7 Å². The number of aromatic nitrogens is 2. The van der Waals surface area contributed by atoms with Crippen molar-refractivity contribution in [3.8, 4) is 0 Å². The van der Waals surface area contributed by atoms with E-state index in [0.29, 0.717) is 17.4 Å². The van der Waals surface area contributed by atoms with Gasteiger partial charge in [-0.15, -0.1) is 10.2 Å². The molecule has 9 heavy (non-hydrogen) atoms. The molecule has 0 bridgehead atoms. The molecule has 0 aliphatic rings. The fourth-order valence-electron chi connectivity index (χ4n) is 0.480. The van der Waals surface area contributed by atoms with Crippen LogP contribution in [0.15, 0.2) is 4.42 Å². The first kappa shape index (κ1) is 6.69. The van der Waals surface area contributed by atoms with Gasteiger partial charge in [-0.25, -0.2) is 0 Å². The first-order valence-corrected chi connectivity index (χ1v) is 3.36. The smallest absolute Gasteiger partial charge is 0.231 e. The van der Waals surface area contributed by atoms with Gasteiger partial charge in [0.1, 0.15) is 0 Å². The van der Waals surface area contributed by atoms with E-state index in [1.807, 2.05) is 13.8 Å². The molecule has 4 heteroatoms. The van der Waals surface area contributed by atoms with Crippen LogP contribution < -0.4 is 5.63 Å². The van der Waals surface area contributed by atoms with E-state index in [9.17, 15) is 0 Å². The third kappa shape index (κ3) is 1.49. The summed E-state index contributed by atoms with van der Waals surface area (Å²) in [5.41, 5.74) is 0.554. The van der Waals surface area contributed by atoms with Crippen LogP contribution in [0.4, 0.5) is 0 Å². The summed E-state index contributed by atoms with van der Waals surface area (Å²) < 4.78 is 5.09. The van der Waals surface area contributed by atoms with E-state index in [1.165, 1.54) is 0 Å². The molecule has 0 fully saturated rings. The summed E-state index contributed by atoms with van der Waals surface area (Å²) in [7, 11) is 2.35. The molecular weight excluding hydrogens is 135 g/mol. The van der Waals surface area contributed by atoms with Crippen LogP contribution in [0.25, 0.3) is 0 Å². The predicted molar refractivity (Wildman–Crippen MR) is 37.7 cm³/mol. The Labute approximate surface area is 56.1 Å². The lowest BCUT2D eigenvalue weighted by atomic mass is 10.2. The molecule has 50 valence electrons. The summed E-state index contributed by atoms with van der Waals surface area (Å²) in [6.45, 7) is 4.02. The molecule has 0 N–H and O–H groups in total. The fraction of sp³-hybridized carbons (Fsp3) is 0.600. The van der Waals surface area contributed by atoms with Crippen molar-refractivity contribution < 1.29 is 4.42 Å². The Morgan fingerprint density at radius 1 is 1.44 bits per heavy atom. The van der Waals surface area contributed by atoms with E-state index in [-0.39, 0.29) is 0 Å². The van der Waals surface area contributed by atoms with Crippen molar-refractivity contribution >= 4 is 14.9 Å². The molecule has 0 aromatic carbocycles. The molecule has 0 aliphatic heterocycles. The highest BCUT2D eigenvalue weighted by atomic mass is 31.0. The molecule has 0 aliphatic carbocycles. The molecule has 0 amide bonds. The van der Waals surface area contributed by atoms with Crippen molar-refractivity contribution in [1.82, 2.24) is 10.2 Å². The molecule has 3 nitrogen and oxygen atoms in total. The van der Waals surface area contributed by atoms with Crippen LogP contribution in [0.2, 0.25) is 0 Å². The second-order valence-corrected chi connectivity index (χ2v) is 2.63. The second-order valence-electron chi connectivity index (χ2n) is 2.13. The maximum Gasteiger partial charge on any atom is 0.231 e. The molecule has 1 aromatic rings. The Morgan fingerprint density at radius 2 is 2.11 bits per heavy atom. The van der Waals surface area contributed by atoms with Gasteiger partial charge in [0.05, 0.1) is 0 Å². The Bertz CT molecular complexity index is 197. The third-order valence-corrected chi connectivity index (χ3v) is 1.18. The zero-order valence-corrected chi connectivity index (χ0v) is 6.61. The van der Waals surface area contributed by atoms with Gasteiger partial charge in [-0.1, -0.05) is 13.8 Å². The average molecular weight is 144 g/mol. The van der Waals surface area contributed by atoms with Crippen LogP contribution in [-0.4, -0.2) is 10.2 Å². The highest BCUT2D eigenvalue weighted by Gasteiger charge is 2.04. The molecule has 1 atom stereocenters. The summed E-state index contributed by atoms with van der Waals surface area (Å²) in [6, 6.07) is 0. The van der Waals surface area contributed by atoms with E-state index in [4.69, 9.17) is 4.42 Å². The fourth-order valence-corrected chi connectivity index (χ4v) is 0.658. The van der Waals surface area contributed by atoms with Crippen LogP contribution >= 0.6 is 9.24 Å². The minimum absolute atomic E-state index is 0.326. The molecule has 1 aromatic heterocycles. The van der Waals surface area contributed by atoms with Gasteiger partial charge in [0.2, 0.25) is 11.5 Å². The first-order valence-electron chi connectivity index (χ1n) is 2.79. The molecule has 0 saturated heterocycles. The van der Waals surface area contributed by atoms with Crippen molar-refractivity contribution in [2.75, 3.05) is 0 Å². The van der Waals surface area contributed by atoms with E-state index < -0.39 is 0 Å². The molecular formula is C5H9N2OP. The highest BCUT2D eigenvalue weighted by molar-refractivity contribution is 7.26. The third-order valence-electron chi connectivity index (χ3n) is 0.950. The zero-order chi connectivity index (χ0) is 6.85. The lowest BCUT2D eigenvalue weighted by Crippen LogP contribution is -1.85. The van der Waals surface area contributed by atoms with E-state index in [0.717, 1.165) is 0 Å². The van der Waals surface area contributed by atoms with E-state index in [2.05, 4.69) is 19.4 Å². The quantitative estimate of drug-likeness (QED) is 0.544. The van der Waals surface area contributed by atoms with Crippen LogP contribution in [0, 0.1) is 0 Å². The SMILES string of the molecule is CC(C)c1nnc(P)o1. The van der Waals surface area contributed by atoms with Crippen molar-refractivity contribution in [3.63, 3.8) is 0 Å². The Kier molecular flexibility index (Phi) is 1.81. The van der Waals surface area contributed by atoms with Crippen molar-refractivity contribution in [3.05, 3.63) is 5.89 Å². The Hall–Kier alpha value is -0.430. The van der Waals surface area contributed by atoms with Gasteiger partial charge in [0, 0.05) is 5.92 Å². The standard InChI is InChI=1S/C5H9N2OP/c1-3(2)4-6-7-5(9)8-4/h3H,9H2,1-2H3. The maximum atomic E-state index is 5.09. The van der Waals surface area contributed by atoms with E-state index in [1.54, 1.807) is 0 Å². The molecule has 1 heterocycles. The number of nitrogens with zero attached hydrogens (tertiary/aromatic N) is 2. The first-order chi connectivity index (χ1) is 4.20. The minimum Gasteiger partial charge on any atom is -0.422 e. The van der Waals surface area contributed by atoms with Gasteiger partial charge in [0.25, 0.3) is 0 Å². The second kappa shape index (κ2) is 2.44. The molecule has 0 spiro atoms. The van der Waals surface area contributed by atoms with Gasteiger partial charge < -0.3 is 4.42 Å². The van der Waals surface area contributed by atoms with Gasteiger partial charge >= 0.3 is 0 Å². The summed E-state index contributed by atoms with van der Waals surface area (Å²) in [5, 5.41) is 7.46. The summed E-state index contributed by atoms with van der Waals surface area (Å²) in [4.78, 5) is 0. The monoisotopic (exact) mass is 144 g/mol. The Morgan fingerprint density at radius 3 is 2.33 bits per heavy atom. The van der Waals surface area contributed by atoms with Crippen molar-refractivity contribution in [2.45, 2.75) is 19.8 Å². The van der Waals surface area contributed by atoms with Crippen LogP contribution in [0.5, 0.6) is 0 Å². The minimum atomic E-state index is 0.326. The summed E-state index contributed by atoms with van der Waals surface area (Å²) >= 11 is 0. The molecule has 0 saturated carbocycles. The van der Waals surface area contributed by atoms with Gasteiger partial charge in [0.15, 0.2) is 0 Å². The highest BCUT2D eigenvalue weighted by Crippen LogP contribution is 2.08. The van der Waals surface area contributed by atoms with Crippen LogP contribution in [0.3, 0.4) is 0 Å². The molecule has 0 radical (unpaired) electrons. The largest absolute Gasteiger partial charge is 0.422 e. The van der Waals surface area contributed by atoms with Gasteiger partial charge in [-0.05, 0) is 9.24 Å². The van der Waals surface area contributed by atoms with Gasteiger partial charge in [-0.3, -0.25) is 0 Å². The average Bonchev–Trinajstić information content (AvgIpc) is 2.14. The van der Waals surface area contributed by atoms with Gasteiger partial charge in [-0.2, -0.15) is 0 Å². The summed E-state index contributed by atoms with van der Waals surface area (Å²) in [6.07, 6.45) is 0. The molecule has 1 rings (SSSR count). The predicted octanol–water partition coefficient (Wildman–Crippen LogP) is 0.693. The molecule has 1 unspecified atom stereocenters. The van der Waals surface area contributed by atoms with Crippen molar-refractivity contribution in [1.29, 1.82) is 0 Å². The number of hydrogen-bond acceptors (Lipinski definition) is 3. The Balaban J connectivity index is 2.85. The lowest BCUT2D eigenvalue weighted by Gasteiger charge is -1.91. The topological polar surface area (TPSA) is 38.9 Å². The van der Waals surface area contributed by atoms with Crippen molar-refractivity contribution in [2.24, 2.45) is 0 Å². The maximum absolute atomic E-state index is 5.09. The van der Waals surface area contributed by atoms with E-state index >= 15 is 0 Å². The lowest BCUT2D eigenvalue weighted by molar-refractivity contribution is 0.494. The summed E-state index contributed by atoms with van der Waals surface area (Å²) in [5.74, 6) is 1.02. The number of hydrogen-bond donors (Lipinski definition) is 0.